The monoisotopic (exact) mass is 206 g/mol. The van der Waals surface area contributed by atoms with Crippen LogP contribution >= 0.6 is 0 Å². The molecule has 2 heteroatoms. The number of nitrogens with zero attached hydrogens (tertiary/aromatic N) is 1. The predicted octanol–water partition coefficient (Wildman–Crippen LogP) is 3.37. The molecule has 1 heterocycles. The molecular weight excluding hydrogens is 184 g/mol. The summed E-state index contributed by atoms with van der Waals surface area (Å²) in [6, 6.07) is 5.04. The van der Waals surface area contributed by atoms with E-state index in [2.05, 4.69) is 36.1 Å². The molecule has 0 amide bonds. The van der Waals surface area contributed by atoms with E-state index >= 15 is 0 Å². The van der Waals surface area contributed by atoms with Crippen molar-refractivity contribution in [3.63, 3.8) is 0 Å². The molecule has 0 saturated heterocycles. The van der Waals surface area contributed by atoms with Gasteiger partial charge in [-0.1, -0.05) is 25.7 Å². The first kappa shape index (κ1) is 10.6. The molecule has 84 valence electrons. The van der Waals surface area contributed by atoms with Crippen molar-refractivity contribution in [1.82, 2.24) is 4.68 Å². The van der Waals surface area contributed by atoms with Gasteiger partial charge < -0.3 is 5.43 Å². The van der Waals surface area contributed by atoms with Crippen LogP contribution in [0.4, 0.5) is 0 Å². The Morgan fingerprint density at radius 2 is 1.53 bits per heavy atom. The Morgan fingerprint density at radius 1 is 1.00 bits per heavy atom. The van der Waals surface area contributed by atoms with E-state index < -0.39 is 0 Å². The molecule has 0 bridgehead atoms. The third kappa shape index (κ3) is 2.55. The molecule has 1 N–H and O–H groups in total. The molecule has 1 aromatic heterocycles. The average Bonchev–Trinajstić information content (AvgIpc) is 2.49. The predicted molar refractivity (Wildman–Crippen MR) is 64.8 cm³/mol. The zero-order chi connectivity index (χ0) is 10.7. The molecular formula is C13H22N2. The van der Waals surface area contributed by atoms with E-state index in [0.29, 0.717) is 6.04 Å². The van der Waals surface area contributed by atoms with E-state index in [1.165, 1.54) is 49.9 Å². The normalized spacial score (nSPS) is 18.8. The summed E-state index contributed by atoms with van der Waals surface area (Å²) in [4.78, 5) is 0. The van der Waals surface area contributed by atoms with Crippen molar-refractivity contribution in [3.8, 4) is 0 Å². The van der Waals surface area contributed by atoms with Crippen LogP contribution in [0.1, 0.15) is 49.9 Å². The Labute approximate surface area is 92.6 Å². The Balaban J connectivity index is 2.00. The van der Waals surface area contributed by atoms with Crippen LogP contribution in [0, 0.1) is 13.8 Å². The topological polar surface area (TPSA) is 17.0 Å². The maximum absolute atomic E-state index is 3.65. The highest BCUT2D eigenvalue weighted by Gasteiger charge is 2.12. The van der Waals surface area contributed by atoms with Gasteiger partial charge in [0.1, 0.15) is 0 Å². The minimum atomic E-state index is 0.678. The third-order valence-electron chi connectivity index (χ3n) is 3.44. The molecule has 1 aliphatic rings. The Hall–Kier alpha value is -0.920. The van der Waals surface area contributed by atoms with Gasteiger partial charge >= 0.3 is 0 Å². The minimum absolute atomic E-state index is 0.678. The first-order valence-corrected chi connectivity index (χ1v) is 6.19. The number of aryl methyl sites for hydroxylation is 2. The van der Waals surface area contributed by atoms with E-state index in [1.807, 2.05) is 0 Å². The summed E-state index contributed by atoms with van der Waals surface area (Å²) >= 11 is 0. The fraction of sp³-hybridized carbons (Fsp3) is 0.692. The van der Waals surface area contributed by atoms with Crippen molar-refractivity contribution in [1.29, 1.82) is 0 Å². The molecule has 1 aliphatic carbocycles. The molecule has 0 spiro atoms. The fourth-order valence-corrected chi connectivity index (χ4v) is 2.46. The molecule has 0 aromatic carbocycles. The summed E-state index contributed by atoms with van der Waals surface area (Å²) in [5, 5.41) is 0. The highest BCUT2D eigenvalue weighted by Crippen LogP contribution is 2.18. The van der Waals surface area contributed by atoms with Gasteiger partial charge in [0.05, 0.1) is 0 Å². The first-order chi connectivity index (χ1) is 7.27. The van der Waals surface area contributed by atoms with Crippen LogP contribution in [0.5, 0.6) is 0 Å². The van der Waals surface area contributed by atoms with Gasteiger partial charge in [0.15, 0.2) is 0 Å². The standard InChI is InChI=1S/C13H22N2/c1-11-9-10-12(2)15(11)14-13-7-5-3-4-6-8-13/h9-10,13-14H,3-8H2,1-2H3. The van der Waals surface area contributed by atoms with Crippen LogP contribution in [-0.2, 0) is 0 Å². The SMILES string of the molecule is Cc1ccc(C)n1NC1CCCCCC1. The van der Waals surface area contributed by atoms with Crippen molar-refractivity contribution < 1.29 is 0 Å². The van der Waals surface area contributed by atoms with Crippen molar-refractivity contribution in [2.75, 3.05) is 5.43 Å². The van der Waals surface area contributed by atoms with Crippen molar-refractivity contribution in [2.45, 2.75) is 58.4 Å². The van der Waals surface area contributed by atoms with E-state index in [9.17, 15) is 0 Å². The highest BCUT2D eigenvalue weighted by atomic mass is 15.4. The molecule has 2 rings (SSSR count). The summed E-state index contributed by atoms with van der Waals surface area (Å²) in [7, 11) is 0. The van der Waals surface area contributed by atoms with Crippen LogP contribution in [0.3, 0.4) is 0 Å². The summed E-state index contributed by atoms with van der Waals surface area (Å²) < 4.78 is 2.25. The second kappa shape index (κ2) is 4.73. The molecule has 0 atom stereocenters. The van der Waals surface area contributed by atoms with Gasteiger partial charge in [0.25, 0.3) is 0 Å². The molecule has 0 aliphatic heterocycles. The number of rotatable bonds is 2. The van der Waals surface area contributed by atoms with Crippen LogP contribution in [0.15, 0.2) is 12.1 Å². The maximum atomic E-state index is 3.65. The summed E-state index contributed by atoms with van der Waals surface area (Å²) in [5.41, 5.74) is 6.29. The lowest BCUT2D eigenvalue weighted by molar-refractivity contribution is 0.556. The lowest BCUT2D eigenvalue weighted by Crippen LogP contribution is -2.28. The fourth-order valence-electron chi connectivity index (χ4n) is 2.46. The summed E-state index contributed by atoms with van der Waals surface area (Å²) in [5.74, 6) is 0. The summed E-state index contributed by atoms with van der Waals surface area (Å²) in [6.07, 6.45) is 8.27. The molecule has 1 aromatic rings. The zero-order valence-electron chi connectivity index (χ0n) is 9.92. The van der Waals surface area contributed by atoms with E-state index in [0.717, 1.165) is 0 Å². The molecule has 0 unspecified atom stereocenters. The van der Waals surface area contributed by atoms with Gasteiger partial charge in [0, 0.05) is 17.4 Å². The second-order valence-electron chi connectivity index (χ2n) is 4.77. The van der Waals surface area contributed by atoms with Gasteiger partial charge in [0.2, 0.25) is 0 Å². The number of nitrogens with one attached hydrogen (secondary N) is 1. The second-order valence-corrected chi connectivity index (χ2v) is 4.77. The Bertz CT molecular complexity index is 287. The lowest BCUT2D eigenvalue weighted by atomic mass is 10.1. The molecule has 1 saturated carbocycles. The van der Waals surface area contributed by atoms with Crippen LogP contribution in [-0.4, -0.2) is 10.7 Å². The highest BCUT2D eigenvalue weighted by molar-refractivity contribution is 5.15. The van der Waals surface area contributed by atoms with Crippen molar-refractivity contribution in [3.05, 3.63) is 23.5 Å². The van der Waals surface area contributed by atoms with Gasteiger partial charge in [-0.05, 0) is 38.8 Å². The van der Waals surface area contributed by atoms with Crippen LogP contribution < -0.4 is 5.43 Å². The zero-order valence-corrected chi connectivity index (χ0v) is 9.92. The largest absolute Gasteiger partial charge is 0.323 e. The first-order valence-electron chi connectivity index (χ1n) is 6.19. The summed E-state index contributed by atoms with van der Waals surface area (Å²) in [6.45, 7) is 4.33. The van der Waals surface area contributed by atoms with Gasteiger partial charge in [-0.25, -0.2) is 0 Å². The van der Waals surface area contributed by atoms with Crippen molar-refractivity contribution in [2.24, 2.45) is 0 Å². The van der Waals surface area contributed by atoms with Crippen molar-refractivity contribution >= 4 is 0 Å². The Morgan fingerprint density at radius 3 is 2.07 bits per heavy atom. The molecule has 2 nitrogen and oxygen atoms in total. The smallest absolute Gasteiger partial charge is 0.0424 e. The van der Waals surface area contributed by atoms with Crippen LogP contribution in [0.2, 0.25) is 0 Å². The van der Waals surface area contributed by atoms with Gasteiger partial charge in [-0.15, -0.1) is 0 Å². The van der Waals surface area contributed by atoms with E-state index in [-0.39, 0.29) is 0 Å². The third-order valence-corrected chi connectivity index (χ3v) is 3.44. The van der Waals surface area contributed by atoms with E-state index in [1.54, 1.807) is 0 Å². The Kier molecular flexibility index (Phi) is 3.34. The maximum Gasteiger partial charge on any atom is 0.0424 e. The molecule has 1 fully saturated rings. The van der Waals surface area contributed by atoms with Gasteiger partial charge in [-0.2, -0.15) is 0 Å². The average molecular weight is 206 g/mol. The number of hydrogen-bond donors (Lipinski definition) is 1. The molecule has 15 heavy (non-hydrogen) atoms. The number of aromatic nitrogens is 1. The quantitative estimate of drug-likeness (QED) is 0.734. The minimum Gasteiger partial charge on any atom is -0.323 e. The molecule has 0 radical (unpaired) electrons. The number of hydrogen-bond acceptors (Lipinski definition) is 1. The van der Waals surface area contributed by atoms with E-state index in [4.69, 9.17) is 0 Å². The lowest BCUT2D eigenvalue weighted by Gasteiger charge is -2.21. The van der Waals surface area contributed by atoms with Gasteiger partial charge in [-0.3, -0.25) is 4.68 Å². The van der Waals surface area contributed by atoms with Crippen LogP contribution in [0.25, 0.3) is 0 Å².